The van der Waals surface area contributed by atoms with E-state index in [2.05, 4.69) is 29.6 Å². The van der Waals surface area contributed by atoms with Crippen LogP contribution in [0.3, 0.4) is 0 Å². The van der Waals surface area contributed by atoms with Crippen molar-refractivity contribution in [2.75, 3.05) is 13.1 Å². The molecule has 0 unspecified atom stereocenters. The maximum Gasteiger partial charge on any atom is 0.249 e. The van der Waals surface area contributed by atoms with Crippen LogP contribution >= 0.6 is 24.2 Å². The number of carbonyl (C=O) groups is 1. The minimum Gasteiger partial charge on any atom is -0.364 e. The van der Waals surface area contributed by atoms with Gasteiger partial charge in [0.2, 0.25) is 5.91 Å². The average molecular weight is 371 g/mol. The molecule has 1 saturated carbocycles. The third kappa shape index (κ3) is 4.88. The first kappa shape index (κ1) is 19.6. The number of halogens is 1. The van der Waals surface area contributed by atoms with Crippen molar-refractivity contribution in [3.8, 4) is 0 Å². The molecule has 1 amide bonds. The Bertz CT molecular complexity index is 523. The predicted octanol–water partition coefficient (Wildman–Crippen LogP) is 3.14. The summed E-state index contributed by atoms with van der Waals surface area (Å²) in [6.07, 6.45) is 6.20. The van der Waals surface area contributed by atoms with Gasteiger partial charge in [-0.3, -0.25) is 4.79 Å². The third-order valence-corrected chi connectivity index (χ3v) is 6.33. The van der Waals surface area contributed by atoms with Gasteiger partial charge in [-0.15, -0.1) is 24.2 Å². The Balaban J connectivity index is 0.00000208. The van der Waals surface area contributed by atoms with Crippen molar-refractivity contribution in [2.24, 2.45) is 5.73 Å². The smallest absolute Gasteiger partial charge is 0.249 e. The predicted molar refractivity (Wildman–Crippen MR) is 101 cm³/mol. The van der Waals surface area contributed by atoms with Crippen LogP contribution in [-0.2, 0) is 9.53 Å². The number of benzene rings is 1. The molecule has 0 aromatic heterocycles. The number of amides is 1. The lowest BCUT2D eigenvalue weighted by Gasteiger charge is -2.29. The Morgan fingerprint density at radius 1 is 1.25 bits per heavy atom. The topological polar surface area (TPSA) is 64.4 Å². The van der Waals surface area contributed by atoms with Crippen LogP contribution in [0.25, 0.3) is 0 Å². The number of nitrogens with one attached hydrogen (secondary N) is 1. The molecule has 6 heteroatoms. The summed E-state index contributed by atoms with van der Waals surface area (Å²) in [6, 6.07) is 10.5. The Kier molecular flexibility index (Phi) is 7.41. The molecule has 1 heterocycles. The largest absolute Gasteiger partial charge is 0.364 e. The molecular weight excluding hydrogens is 344 g/mol. The molecule has 1 aliphatic carbocycles. The van der Waals surface area contributed by atoms with Gasteiger partial charge in [-0.1, -0.05) is 31.0 Å². The fourth-order valence-electron chi connectivity index (χ4n) is 3.51. The van der Waals surface area contributed by atoms with Crippen molar-refractivity contribution in [3.05, 3.63) is 30.3 Å². The minimum atomic E-state index is -0.316. The molecule has 3 rings (SSSR count). The summed E-state index contributed by atoms with van der Waals surface area (Å²) in [5, 5.41) is 3.15. The van der Waals surface area contributed by atoms with Crippen molar-refractivity contribution in [1.29, 1.82) is 0 Å². The third-order valence-electron chi connectivity index (χ3n) is 4.84. The number of carbonyl (C=O) groups excluding carboxylic acids is 1. The lowest BCUT2D eigenvalue weighted by molar-refractivity contribution is -0.131. The molecule has 1 aliphatic heterocycles. The number of hydrogen-bond acceptors (Lipinski definition) is 4. The van der Waals surface area contributed by atoms with Crippen molar-refractivity contribution < 1.29 is 9.53 Å². The van der Waals surface area contributed by atoms with Gasteiger partial charge in [-0.25, -0.2) is 0 Å². The van der Waals surface area contributed by atoms with Gasteiger partial charge in [0.15, 0.2) is 0 Å². The maximum atomic E-state index is 12.4. The van der Waals surface area contributed by atoms with Gasteiger partial charge in [0, 0.05) is 22.7 Å². The summed E-state index contributed by atoms with van der Waals surface area (Å²) < 4.78 is 5.82. The molecule has 4 nitrogen and oxygen atoms in total. The molecule has 0 bridgehead atoms. The van der Waals surface area contributed by atoms with Gasteiger partial charge < -0.3 is 15.8 Å². The highest BCUT2D eigenvalue weighted by Gasteiger charge is 2.37. The first-order valence-corrected chi connectivity index (χ1v) is 9.40. The highest BCUT2D eigenvalue weighted by atomic mass is 35.5. The van der Waals surface area contributed by atoms with Gasteiger partial charge in [-0.05, 0) is 37.8 Å². The maximum absolute atomic E-state index is 12.4. The zero-order chi connectivity index (χ0) is 16.1. The number of ether oxygens (including phenoxy) is 1. The Labute approximate surface area is 154 Å². The number of nitrogens with two attached hydrogens (primary N) is 1. The zero-order valence-corrected chi connectivity index (χ0v) is 15.5. The number of hydrogen-bond donors (Lipinski definition) is 2. The van der Waals surface area contributed by atoms with Crippen LogP contribution in [-0.4, -0.2) is 36.0 Å². The standard InChI is InChI=1S/C18H26N2O2S.ClH/c19-12-14-8-9-16(22-14)17(21)20-13-18(10-4-5-11-18)23-15-6-2-1-3-7-15;/h1-3,6-7,14,16H,4-5,8-13,19H2,(H,20,21);1H/t14-,16+;/m1./s1. The molecular formula is C18H27ClN2O2S. The molecule has 0 radical (unpaired) electrons. The normalized spacial score (nSPS) is 25.2. The van der Waals surface area contributed by atoms with E-state index in [1.165, 1.54) is 17.7 Å². The van der Waals surface area contributed by atoms with Crippen molar-refractivity contribution in [1.82, 2.24) is 5.32 Å². The summed E-state index contributed by atoms with van der Waals surface area (Å²) in [6.45, 7) is 1.22. The van der Waals surface area contributed by atoms with Gasteiger partial charge >= 0.3 is 0 Å². The first-order valence-electron chi connectivity index (χ1n) is 8.58. The summed E-state index contributed by atoms with van der Waals surface area (Å²) in [5.74, 6) is 0.0286. The van der Waals surface area contributed by atoms with E-state index in [0.29, 0.717) is 6.54 Å². The number of rotatable bonds is 6. The molecule has 134 valence electrons. The summed E-state index contributed by atoms with van der Waals surface area (Å²) in [5.41, 5.74) is 5.62. The van der Waals surface area contributed by atoms with Crippen LogP contribution in [0.2, 0.25) is 0 Å². The molecule has 1 aromatic carbocycles. The molecule has 0 spiro atoms. The van der Waals surface area contributed by atoms with Crippen LogP contribution in [0, 0.1) is 0 Å². The van der Waals surface area contributed by atoms with Gasteiger partial charge in [0.1, 0.15) is 6.10 Å². The molecule has 3 N–H and O–H groups in total. The quantitative estimate of drug-likeness (QED) is 0.807. The lowest BCUT2D eigenvalue weighted by Crippen LogP contribution is -2.43. The van der Waals surface area contributed by atoms with Crippen LogP contribution in [0.4, 0.5) is 0 Å². The zero-order valence-electron chi connectivity index (χ0n) is 13.9. The van der Waals surface area contributed by atoms with Gasteiger partial charge in [-0.2, -0.15) is 0 Å². The minimum absolute atomic E-state index is 0. The monoisotopic (exact) mass is 370 g/mol. The first-order chi connectivity index (χ1) is 11.2. The second kappa shape index (κ2) is 9.09. The van der Waals surface area contributed by atoms with Crippen molar-refractivity contribution in [2.45, 2.75) is 60.4 Å². The summed E-state index contributed by atoms with van der Waals surface area (Å²) >= 11 is 1.91. The van der Waals surface area contributed by atoms with Crippen LogP contribution in [0.1, 0.15) is 38.5 Å². The van der Waals surface area contributed by atoms with Crippen molar-refractivity contribution >= 4 is 30.1 Å². The van der Waals surface area contributed by atoms with E-state index >= 15 is 0 Å². The summed E-state index contributed by atoms with van der Waals surface area (Å²) in [7, 11) is 0. The molecule has 1 saturated heterocycles. The Morgan fingerprint density at radius 3 is 2.58 bits per heavy atom. The Hall–Kier alpha value is -0.750. The van der Waals surface area contributed by atoms with E-state index in [4.69, 9.17) is 10.5 Å². The van der Waals surface area contributed by atoms with Gasteiger partial charge in [0.25, 0.3) is 0 Å². The van der Waals surface area contributed by atoms with E-state index in [-0.39, 0.29) is 35.3 Å². The molecule has 2 aliphatic rings. The SMILES string of the molecule is Cl.NC[C@H]1CC[C@@H](C(=O)NCC2(Sc3ccccc3)CCCC2)O1. The van der Waals surface area contributed by atoms with E-state index < -0.39 is 0 Å². The van der Waals surface area contributed by atoms with E-state index in [9.17, 15) is 4.79 Å². The van der Waals surface area contributed by atoms with Crippen LogP contribution in [0.5, 0.6) is 0 Å². The number of thioether (sulfide) groups is 1. The highest BCUT2D eigenvalue weighted by Crippen LogP contribution is 2.44. The van der Waals surface area contributed by atoms with Gasteiger partial charge in [0.05, 0.1) is 6.10 Å². The second-order valence-corrected chi connectivity index (χ2v) is 8.12. The molecule has 24 heavy (non-hydrogen) atoms. The Morgan fingerprint density at radius 2 is 1.96 bits per heavy atom. The second-order valence-electron chi connectivity index (χ2n) is 6.58. The average Bonchev–Trinajstić information content (AvgIpc) is 3.23. The molecule has 2 fully saturated rings. The van der Waals surface area contributed by atoms with Crippen LogP contribution in [0.15, 0.2) is 35.2 Å². The molecule has 2 atom stereocenters. The van der Waals surface area contributed by atoms with E-state index in [0.717, 1.165) is 32.2 Å². The van der Waals surface area contributed by atoms with Crippen LogP contribution < -0.4 is 11.1 Å². The highest BCUT2D eigenvalue weighted by molar-refractivity contribution is 8.00. The van der Waals surface area contributed by atoms with E-state index in [1.54, 1.807) is 0 Å². The van der Waals surface area contributed by atoms with E-state index in [1.807, 2.05) is 17.8 Å². The summed E-state index contributed by atoms with van der Waals surface area (Å²) in [4.78, 5) is 13.7. The molecule has 1 aromatic rings. The lowest BCUT2D eigenvalue weighted by atomic mass is 10.1. The van der Waals surface area contributed by atoms with Crippen molar-refractivity contribution in [3.63, 3.8) is 0 Å². The fraction of sp³-hybridized carbons (Fsp3) is 0.611. The fourth-order valence-corrected chi connectivity index (χ4v) is 4.94.